The van der Waals surface area contributed by atoms with Crippen molar-refractivity contribution >= 4 is 28.6 Å². The molecule has 2 heterocycles. The molecule has 6 nitrogen and oxygen atoms in total. The lowest BCUT2D eigenvalue weighted by molar-refractivity contribution is -0.121. The van der Waals surface area contributed by atoms with Crippen LogP contribution < -0.4 is 10.9 Å². The van der Waals surface area contributed by atoms with Gasteiger partial charge >= 0.3 is 0 Å². The van der Waals surface area contributed by atoms with Gasteiger partial charge < -0.3 is 10.1 Å². The Morgan fingerprint density at radius 1 is 1.22 bits per heavy atom. The van der Waals surface area contributed by atoms with Crippen LogP contribution in [0, 0.1) is 5.82 Å². The number of hydrogen-bond donors (Lipinski definition) is 1. The molecule has 3 aromatic rings. The number of para-hydroxylation sites is 1. The van der Waals surface area contributed by atoms with Gasteiger partial charge in [-0.05, 0) is 43.0 Å². The maximum atomic E-state index is 14.0. The Morgan fingerprint density at radius 2 is 2.03 bits per heavy atom. The molecule has 0 spiro atoms. The van der Waals surface area contributed by atoms with Gasteiger partial charge in [0.2, 0.25) is 5.91 Å². The Morgan fingerprint density at radius 3 is 2.84 bits per heavy atom. The number of benzene rings is 2. The summed E-state index contributed by atoms with van der Waals surface area (Å²) in [4.78, 5) is 30.0. The third kappa shape index (κ3) is 5.55. The molecule has 0 bridgehead atoms. The van der Waals surface area contributed by atoms with E-state index in [9.17, 15) is 14.0 Å². The molecule has 8 heteroatoms. The number of carbonyl (C=O) groups is 1. The van der Waals surface area contributed by atoms with Crippen molar-refractivity contribution in [2.45, 2.75) is 49.2 Å². The third-order valence-electron chi connectivity index (χ3n) is 5.48. The Labute approximate surface area is 190 Å². The first-order chi connectivity index (χ1) is 15.6. The van der Waals surface area contributed by atoms with Crippen LogP contribution in [0.1, 0.15) is 31.2 Å². The third-order valence-corrected chi connectivity index (χ3v) is 6.50. The van der Waals surface area contributed by atoms with E-state index in [1.807, 2.05) is 6.07 Å². The molecule has 1 atom stereocenters. The number of nitrogens with zero attached hydrogens (tertiary/aromatic N) is 2. The van der Waals surface area contributed by atoms with E-state index in [-0.39, 0.29) is 23.4 Å². The van der Waals surface area contributed by atoms with Crippen molar-refractivity contribution in [3.05, 3.63) is 70.3 Å². The van der Waals surface area contributed by atoms with E-state index in [4.69, 9.17) is 4.74 Å². The van der Waals surface area contributed by atoms with E-state index in [0.29, 0.717) is 53.3 Å². The minimum Gasteiger partial charge on any atom is -0.376 e. The lowest BCUT2D eigenvalue weighted by Gasteiger charge is -2.14. The van der Waals surface area contributed by atoms with E-state index >= 15 is 0 Å². The van der Waals surface area contributed by atoms with Crippen LogP contribution in [0.25, 0.3) is 10.9 Å². The van der Waals surface area contributed by atoms with E-state index in [2.05, 4.69) is 10.3 Å². The van der Waals surface area contributed by atoms with Gasteiger partial charge in [0.25, 0.3) is 5.56 Å². The fourth-order valence-corrected chi connectivity index (χ4v) is 4.74. The molecule has 1 N–H and O–H groups in total. The molecule has 0 aliphatic carbocycles. The molecule has 2 aromatic carbocycles. The molecular formula is C24H26FN3O3S. The minimum absolute atomic E-state index is 0.0529. The maximum absolute atomic E-state index is 14.0. The van der Waals surface area contributed by atoms with E-state index < -0.39 is 0 Å². The molecule has 168 valence electrons. The van der Waals surface area contributed by atoms with E-state index in [1.165, 1.54) is 17.8 Å². The standard InChI is InChI=1S/C24H26FN3O3S/c25-20-10-3-1-7-17(20)16-32-24-27-21-11-4-2-9-19(21)23(30)28(24)13-5-12-22(29)26-15-18-8-6-14-31-18/h1-4,7,9-11,18H,5-6,8,12-16H2,(H,26,29)/t18-/m0/s1. The summed E-state index contributed by atoms with van der Waals surface area (Å²) in [5, 5.41) is 3.97. The van der Waals surface area contributed by atoms with Crippen molar-refractivity contribution in [3.8, 4) is 0 Å². The highest BCUT2D eigenvalue weighted by Gasteiger charge is 2.17. The fraction of sp³-hybridized carbons (Fsp3) is 0.375. The molecular weight excluding hydrogens is 429 g/mol. The van der Waals surface area contributed by atoms with Gasteiger partial charge in [-0.25, -0.2) is 9.37 Å². The maximum Gasteiger partial charge on any atom is 0.262 e. The fourth-order valence-electron chi connectivity index (χ4n) is 3.73. The van der Waals surface area contributed by atoms with Crippen LogP contribution >= 0.6 is 11.8 Å². The number of rotatable bonds is 9. The van der Waals surface area contributed by atoms with Crippen molar-refractivity contribution in [2.24, 2.45) is 0 Å². The predicted octanol–water partition coefficient (Wildman–Crippen LogP) is 3.90. The van der Waals surface area contributed by atoms with Crippen molar-refractivity contribution in [1.29, 1.82) is 0 Å². The lowest BCUT2D eigenvalue weighted by Crippen LogP contribution is -2.32. The first kappa shape index (κ1) is 22.5. The van der Waals surface area contributed by atoms with Crippen molar-refractivity contribution < 1.29 is 13.9 Å². The summed E-state index contributed by atoms with van der Waals surface area (Å²) in [6.45, 7) is 1.65. The highest BCUT2D eigenvalue weighted by atomic mass is 32.2. The Bertz CT molecular complexity index is 1140. The van der Waals surface area contributed by atoms with Crippen LogP contribution in [0.3, 0.4) is 0 Å². The zero-order chi connectivity index (χ0) is 22.3. The van der Waals surface area contributed by atoms with Gasteiger partial charge in [-0.15, -0.1) is 0 Å². The van der Waals surface area contributed by atoms with Gasteiger partial charge in [0.15, 0.2) is 5.16 Å². The van der Waals surface area contributed by atoms with Crippen LogP contribution in [0.4, 0.5) is 4.39 Å². The average Bonchev–Trinajstić information content (AvgIpc) is 3.33. The van der Waals surface area contributed by atoms with Gasteiger partial charge in [-0.1, -0.05) is 42.1 Å². The van der Waals surface area contributed by atoms with Crippen LogP contribution in [0.5, 0.6) is 0 Å². The quantitative estimate of drug-likeness (QED) is 0.391. The smallest absolute Gasteiger partial charge is 0.262 e. The zero-order valence-electron chi connectivity index (χ0n) is 17.8. The number of nitrogens with one attached hydrogen (secondary N) is 1. The molecule has 1 aliphatic heterocycles. The monoisotopic (exact) mass is 455 g/mol. The second kappa shape index (κ2) is 10.7. The summed E-state index contributed by atoms with van der Waals surface area (Å²) in [6.07, 6.45) is 2.92. The number of aromatic nitrogens is 2. The summed E-state index contributed by atoms with van der Waals surface area (Å²) in [5.74, 6) is 0.0275. The molecule has 1 amide bonds. The summed E-state index contributed by atoms with van der Waals surface area (Å²) >= 11 is 1.32. The van der Waals surface area contributed by atoms with Crippen molar-refractivity contribution in [1.82, 2.24) is 14.9 Å². The number of fused-ring (bicyclic) bond motifs is 1. The van der Waals surface area contributed by atoms with Crippen LogP contribution in [-0.2, 0) is 21.8 Å². The number of carbonyl (C=O) groups excluding carboxylic acids is 1. The molecule has 4 rings (SSSR count). The van der Waals surface area contributed by atoms with Crippen LogP contribution in [-0.4, -0.2) is 34.7 Å². The summed E-state index contributed by atoms with van der Waals surface area (Å²) in [6, 6.07) is 13.8. The van der Waals surface area contributed by atoms with Crippen molar-refractivity contribution in [2.75, 3.05) is 13.2 Å². The van der Waals surface area contributed by atoms with E-state index in [0.717, 1.165) is 19.4 Å². The topological polar surface area (TPSA) is 73.2 Å². The molecule has 32 heavy (non-hydrogen) atoms. The highest BCUT2D eigenvalue weighted by Crippen LogP contribution is 2.24. The average molecular weight is 456 g/mol. The summed E-state index contributed by atoms with van der Waals surface area (Å²) in [5.41, 5.74) is 1.02. The number of amides is 1. The molecule has 0 unspecified atom stereocenters. The van der Waals surface area contributed by atoms with Crippen LogP contribution in [0.15, 0.2) is 58.5 Å². The summed E-state index contributed by atoms with van der Waals surface area (Å²) < 4.78 is 21.2. The molecule has 1 fully saturated rings. The second-order valence-corrected chi connectivity index (χ2v) is 8.73. The first-order valence-electron chi connectivity index (χ1n) is 10.9. The Balaban J connectivity index is 1.45. The molecule has 1 aliphatic rings. The van der Waals surface area contributed by atoms with E-state index in [1.54, 1.807) is 41.0 Å². The zero-order valence-corrected chi connectivity index (χ0v) is 18.6. The van der Waals surface area contributed by atoms with Gasteiger partial charge in [0.05, 0.1) is 17.0 Å². The van der Waals surface area contributed by atoms with Gasteiger partial charge in [-0.3, -0.25) is 14.2 Å². The van der Waals surface area contributed by atoms with Gasteiger partial charge in [0.1, 0.15) is 5.82 Å². The number of halogens is 1. The molecule has 1 aromatic heterocycles. The lowest BCUT2D eigenvalue weighted by atomic mass is 10.2. The largest absolute Gasteiger partial charge is 0.376 e. The normalized spacial score (nSPS) is 15.8. The van der Waals surface area contributed by atoms with Crippen LogP contribution in [0.2, 0.25) is 0 Å². The number of thioether (sulfide) groups is 1. The predicted molar refractivity (Wildman–Crippen MR) is 123 cm³/mol. The second-order valence-electron chi connectivity index (χ2n) is 7.79. The summed E-state index contributed by atoms with van der Waals surface area (Å²) in [7, 11) is 0. The molecule has 1 saturated heterocycles. The minimum atomic E-state index is -0.280. The first-order valence-corrected chi connectivity index (χ1v) is 11.8. The molecule has 0 saturated carbocycles. The molecule has 0 radical (unpaired) electrons. The highest BCUT2D eigenvalue weighted by molar-refractivity contribution is 7.98. The van der Waals surface area contributed by atoms with Gasteiger partial charge in [0, 0.05) is 31.9 Å². The number of ether oxygens (including phenoxy) is 1. The SMILES string of the molecule is O=C(CCCn1c(SCc2ccccc2F)nc2ccccc2c1=O)NC[C@@H]1CCCO1. The van der Waals surface area contributed by atoms with Gasteiger partial charge in [-0.2, -0.15) is 0 Å². The number of hydrogen-bond acceptors (Lipinski definition) is 5. The van der Waals surface area contributed by atoms with Crippen molar-refractivity contribution in [3.63, 3.8) is 0 Å². The Hall–Kier alpha value is -2.71. The Kier molecular flexibility index (Phi) is 7.55.